The SMILES string of the molecule is COc1cccc2cc(C(=O)N=c3sc4cc(C)cc(C)c4n3C)oc12. The molecule has 0 radical (unpaired) electrons. The van der Waals surface area contributed by atoms with Gasteiger partial charge in [-0.05, 0) is 43.2 Å². The van der Waals surface area contributed by atoms with Crippen LogP contribution in [0.5, 0.6) is 5.75 Å². The van der Waals surface area contributed by atoms with Gasteiger partial charge in [0.15, 0.2) is 21.9 Å². The van der Waals surface area contributed by atoms with Gasteiger partial charge in [0.2, 0.25) is 0 Å². The molecule has 1 amide bonds. The van der Waals surface area contributed by atoms with Crippen molar-refractivity contribution >= 4 is 38.4 Å². The highest BCUT2D eigenvalue weighted by atomic mass is 32.1. The van der Waals surface area contributed by atoms with Crippen LogP contribution in [0.25, 0.3) is 21.2 Å². The minimum Gasteiger partial charge on any atom is -0.493 e. The zero-order valence-corrected chi connectivity index (χ0v) is 15.8. The first-order valence-corrected chi connectivity index (χ1v) is 9.02. The van der Waals surface area contributed by atoms with E-state index in [1.54, 1.807) is 19.2 Å². The molecule has 0 saturated carbocycles. The van der Waals surface area contributed by atoms with Crippen molar-refractivity contribution in [2.24, 2.45) is 12.0 Å². The van der Waals surface area contributed by atoms with Crippen molar-refractivity contribution < 1.29 is 13.9 Å². The first-order valence-electron chi connectivity index (χ1n) is 8.20. The van der Waals surface area contributed by atoms with Gasteiger partial charge in [0, 0.05) is 12.4 Å². The molecule has 2 aromatic heterocycles. The quantitative estimate of drug-likeness (QED) is 0.530. The van der Waals surface area contributed by atoms with Crippen molar-refractivity contribution in [1.29, 1.82) is 0 Å². The number of thiazole rings is 1. The molecule has 0 aliphatic heterocycles. The third kappa shape index (κ3) is 2.63. The molecule has 4 aromatic rings. The van der Waals surface area contributed by atoms with Crippen molar-refractivity contribution in [1.82, 2.24) is 4.57 Å². The number of aryl methyl sites for hydroxylation is 3. The monoisotopic (exact) mass is 366 g/mol. The van der Waals surface area contributed by atoms with Crippen LogP contribution in [0.1, 0.15) is 21.7 Å². The number of methoxy groups -OCH3 is 1. The van der Waals surface area contributed by atoms with E-state index in [-0.39, 0.29) is 5.76 Å². The fourth-order valence-corrected chi connectivity index (χ4v) is 4.43. The average Bonchev–Trinajstić information content (AvgIpc) is 3.16. The summed E-state index contributed by atoms with van der Waals surface area (Å²) in [7, 11) is 3.50. The van der Waals surface area contributed by atoms with E-state index < -0.39 is 5.91 Å². The van der Waals surface area contributed by atoms with Gasteiger partial charge < -0.3 is 13.7 Å². The number of rotatable bonds is 2. The summed E-state index contributed by atoms with van der Waals surface area (Å²) in [5.74, 6) is 0.398. The minimum absolute atomic E-state index is 0.204. The molecular weight excluding hydrogens is 348 g/mol. The summed E-state index contributed by atoms with van der Waals surface area (Å²) < 4.78 is 14.1. The normalized spacial score (nSPS) is 12.2. The predicted octanol–water partition coefficient (Wildman–Crippen LogP) is 4.35. The summed E-state index contributed by atoms with van der Waals surface area (Å²) in [4.78, 5) is 17.6. The maximum absolute atomic E-state index is 12.7. The van der Waals surface area contributed by atoms with Gasteiger partial charge in [-0.1, -0.05) is 29.5 Å². The molecule has 0 saturated heterocycles. The van der Waals surface area contributed by atoms with Crippen LogP contribution in [-0.4, -0.2) is 17.6 Å². The second-order valence-corrected chi connectivity index (χ2v) is 7.29. The summed E-state index contributed by atoms with van der Waals surface area (Å²) in [5.41, 5.74) is 4.01. The number of amides is 1. The van der Waals surface area contributed by atoms with E-state index in [9.17, 15) is 4.79 Å². The summed E-state index contributed by atoms with van der Waals surface area (Å²) in [6.07, 6.45) is 0. The molecular formula is C20H18N2O3S. The summed E-state index contributed by atoms with van der Waals surface area (Å²) >= 11 is 1.50. The van der Waals surface area contributed by atoms with Gasteiger partial charge in [-0.15, -0.1) is 0 Å². The molecule has 4 rings (SSSR count). The minimum atomic E-state index is -0.403. The highest BCUT2D eigenvalue weighted by molar-refractivity contribution is 7.16. The lowest BCUT2D eigenvalue weighted by Gasteiger charge is -2.01. The number of nitrogens with zero attached hydrogens (tertiary/aromatic N) is 2. The van der Waals surface area contributed by atoms with Crippen LogP contribution in [0.3, 0.4) is 0 Å². The van der Waals surface area contributed by atoms with Gasteiger partial charge in [0.25, 0.3) is 0 Å². The van der Waals surface area contributed by atoms with E-state index in [2.05, 4.69) is 31.0 Å². The molecule has 0 aliphatic carbocycles. The molecule has 26 heavy (non-hydrogen) atoms. The molecule has 0 unspecified atom stereocenters. The van der Waals surface area contributed by atoms with Crippen LogP contribution in [0.15, 0.2) is 45.8 Å². The lowest BCUT2D eigenvalue weighted by atomic mass is 10.1. The number of furan rings is 1. The third-order valence-corrected chi connectivity index (χ3v) is 5.45. The largest absolute Gasteiger partial charge is 0.493 e. The van der Waals surface area contributed by atoms with Gasteiger partial charge in [0.05, 0.1) is 17.3 Å². The van der Waals surface area contributed by atoms with Gasteiger partial charge in [-0.2, -0.15) is 4.99 Å². The number of benzene rings is 2. The topological polar surface area (TPSA) is 56.7 Å². The highest BCUT2D eigenvalue weighted by Gasteiger charge is 2.15. The van der Waals surface area contributed by atoms with E-state index in [0.717, 1.165) is 15.6 Å². The molecule has 6 heteroatoms. The number of aromatic nitrogens is 1. The molecule has 0 spiro atoms. The second kappa shape index (κ2) is 6.14. The molecule has 0 bridgehead atoms. The summed E-state index contributed by atoms with van der Waals surface area (Å²) in [6, 6.07) is 11.5. The molecule has 0 N–H and O–H groups in total. The average molecular weight is 366 g/mol. The van der Waals surface area contributed by atoms with E-state index in [0.29, 0.717) is 16.1 Å². The molecule has 132 valence electrons. The zero-order valence-electron chi connectivity index (χ0n) is 15.0. The smallest absolute Gasteiger partial charge is 0.315 e. The first-order chi connectivity index (χ1) is 12.5. The first kappa shape index (κ1) is 16.6. The number of fused-ring (bicyclic) bond motifs is 2. The van der Waals surface area contributed by atoms with Crippen LogP contribution < -0.4 is 9.54 Å². The van der Waals surface area contributed by atoms with Crippen molar-refractivity contribution in [2.75, 3.05) is 7.11 Å². The van der Waals surface area contributed by atoms with Gasteiger partial charge in [0.1, 0.15) is 0 Å². The number of para-hydroxylation sites is 1. The Morgan fingerprint density at radius 3 is 2.81 bits per heavy atom. The van der Waals surface area contributed by atoms with Crippen molar-refractivity contribution in [3.8, 4) is 5.75 Å². The molecule has 0 fully saturated rings. The Labute approximate surface area is 154 Å². The number of ether oxygens (including phenoxy) is 1. The Kier molecular flexibility index (Phi) is 3.92. The number of hydrogen-bond acceptors (Lipinski definition) is 4. The van der Waals surface area contributed by atoms with E-state index in [4.69, 9.17) is 9.15 Å². The van der Waals surface area contributed by atoms with Crippen molar-refractivity contribution in [2.45, 2.75) is 13.8 Å². The van der Waals surface area contributed by atoms with Crippen molar-refractivity contribution in [3.05, 3.63) is 58.1 Å². The Bertz CT molecular complexity index is 1230. The fourth-order valence-electron chi connectivity index (χ4n) is 3.23. The predicted molar refractivity (Wildman–Crippen MR) is 103 cm³/mol. The standard InChI is InChI=1S/C20H18N2O3S/c1-11-8-12(2)17-16(9-11)26-20(22(17)3)21-19(23)15-10-13-6-5-7-14(24-4)18(13)25-15/h5-10H,1-4H3. The fraction of sp³-hybridized carbons (Fsp3) is 0.200. The van der Waals surface area contributed by atoms with Crippen LogP contribution >= 0.6 is 11.3 Å². The third-order valence-electron chi connectivity index (χ3n) is 4.37. The second-order valence-electron chi connectivity index (χ2n) is 6.28. The van der Waals surface area contributed by atoms with E-state index in [1.165, 1.54) is 22.5 Å². The van der Waals surface area contributed by atoms with E-state index >= 15 is 0 Å². The Balaban J connectivity index is 1.84. The number of carbonyl (C=O) groups excluding carboxylic acids is 1. The lowest BCUT2D eigenvalue weighted by molar-refractivity contribution is 0.0973. The van der Waals surface area contributed by atoms with Gasteiger partial charge >= 0.3 is 5.91 Å². The molecule has 2 heterocycles. The Morgan fingerprint density at radius 1 is 1.23 bits per heavy atom. The van der Waals surface area contributed by atoms with Crippen LogP contribution in [0.4, 0.5) is 0 Å². The number of carbonyl (C=O) groups is 1. The van der Waals surface area contributed by atoms with Crippen LogP contribution in [0.2, 0.25) is 0 Å². The molecule has 0 atom stereocenters. The lowest BCUT2D eigenvalue weighted by Crippen LogP contribution is -2.13. The van der Waals surface area contributed by atoms with Crippen LogP contribution in [-0.2, 0) is 7.05 Å². The highest BCUT2D eigenvalue weighted by Crippen LogP contribution is 2.29. The molecule has 2 aromatic carbocycles. The maximum Gasteiger partial charge on any atom is 0.315 e. The van der Waals surface area contributed by atoms with Gasteiger partial charge in [-0.25, -0.2) is 0 Å². The Morgan fingerprint density at radius 2 is 2.04 bits per heavy atom. The van der Waals surface area contributed by atoms with Gasteiger partial charge in [-0.3, -0.25) is 4.79 Å². The molecule has 5 nitrogen and oxygen atoms in total. The van der Waals surface area contributed by atoms with Crippen LogP contribution in [0, 0.1) is 13.8 Å². The summed E-state index contributed by atoms with van der Waals surface area (Å²) in [6.45, 7) is 4.13. The van der Waals surface area contributed by atoms with Crippen molar-refractivity contribution in [3.63, 3.8) is 0 Å². The maximum atomic E-state index is 12.7. The number of hydrogen-bond donors (Lipinski definition) is 0. The van der Waals surface area contributed by atoms with E-state index in [1.807, 2.05) is 23.7 Å². The molecule has 0 aliphatic rings. The summed E-state index contributed by atoms with van der Waals surface area (Å²) in [5, 5.41) is 0.815. The Hall–Kier alpha value is -2.86. The zero-order chi connectivity index (χ0) is 18.4.